The summed E-state index contributed by atoms with van der Waals surface area (Å²) in [5.74, 6) is 0.943. The maximum Gasteiger partial charge on any atom is 0.251 e. The van der Waals surface area contributed by atoms with Crippen molar-refractivity contribution in [3.8, 4) is 0 Å². The topological polar surface area (TPSA) is 53.5 Å². The van der Waals surface area contributed by atoms with Crippen LogP contribution in [0.2, 0.25) is 0 Å². The van der Waals surface area contributed by atoms with Gasteiger partial charge in [0.05, 0.1) is 6.54 Å². The lowest BCUT2D eigenvalue weighted by atomic mass is 9.87. The molecule has 2 aromatic rings. The lowest BCUT2D eigenvalue weighted by Gasteiger charge is -2.19. The van der Waals surface area contributed by atoms with Crippen LogP contribution in [-0.4, -0.2) is 24.8 Å². The highest BCUT2D eigenvalue weighted by atomic mass is 16.1. The molecule has 4 nitrogen and oxygen atoms in total. The summed E-state index contributed by atoms with van der Waals surface area (Å²) in [5.41, 5.74) is 4.50. The van der Waals surface area contributed by atoms with Gasteiger partial charge in [-0.3, -0.25) is 9.79 Å². The molecule has 0 fully saturated rings. The van der Waals surface area contributed by atoms with E-state index in [0.29, 0.717) is 12.1 Å². The van der Waals surface area contributed by atoms with Gasteiger partial charge >= 0.3 is 0 Å². The quantitative estimate of drug-likeness (QED) is 0.810. The number of aliphatic imine (C=N–C) groups is 1. The highest BCUT2D eigenvalue weighted by Crippen LogP contribution is 2.22. The zero-order valence-corrected chi connectivity index (χ0v) is 15.8. The first-order chi connectivity index (χ1) is 12.4. The number of rotatable bonds is 5. The second kappa shape index (κ2) is 7.73. The molecular formula is C22H27N3O. The van der Waals surface area contributed by atoms with Gasteiger partial charge in [0.2, 0.25) is 0 Å². The molecule has 0 saturated carbocycles. The lowest BCUT2D eigenvalue weighted by molar-refractivity contribution is 0.0953. The Balaban J connectivity index is 1.41. The van der Waals surface area contributed by atoms with Gasteiger partial charge < -0.3 is 10.6 Å². The molecule has 0 atom stereocenters. The highest BCUT2D eigenvalue weighted by molar-refractivity contribution is 6.01. The largest absolute Gasteiger partial charge is 0.370 e. The molecule has 1 amide bonds. The summed E-state index contributed by atoms with van der Waals surface area (Å²) in [6.45, 7) is 8.68. The van der Waals surface area contributed by atoms with E-state index in [9.17, 15) is 4.79 Å². The minimum absolute atomic E-state index is 0.0194. The Morgan fingerprint density at radius 2 is 1.77 bits per heavy atom. The van der Waals surface area contributed by atoms with E-state index >= 15 is 0 Å². The van der Waals surface area contributed by atoms with Crippen molar-refractivity contribution in [2.75, 3.05) is 13.1 Å². The van der Waals surface area contributed by atoms with Crippen molar-refractivity contribution in [3.05, 3.63) is 70.8 Å². The van der Waals surface area contributed by atoms with Crippen molar-refractivity contribution in [2.45, 2.75) is 39.2 Å². The van der Waals surface area contributed by atoms with Crippen LogP contribution in [0.25, 0.3) is 0 Å². The van der Waals surface area contributed by atoms with Gasteiger partial charge in [0.25, 0.3) is 5.91 Å². The van der Waals surface area contributed by atoms with Crippen molar-refractivity contribution >= 4 is 11.7 Å². The molecule has 2 aromatic carbocycles. The van der Waals surface area contributed by atoms with E-state index in [0.717, 1.165) is 25.3 Å². The molecule has 0 spiro atoms. The maximum atomic E-state index is 12.2. The number of hydrogen-bond donors (Lipinski definition) is 2. The van der Waals surface area contributed by atoms with Crippen molar-refractivity contribution in [2.24, 2.45) is 4.99 Å². The fraction of sp³-hybridized carbons (Fsp3) is 0.364. The van der Waals surface area contributed by atoms with Crippen molar-refractivity contribution in [1.29, 1.82) is 0 Å². The van der Waals surface area contributed by atoms with Gasteiger partial charge in [-0.15, -0.1) is 0 Å². The van der Waals surface area contributed by atoms with Crippen LogP contribution in [0, 0.1) is 0 Å². The molecule has 0 bridgehead atoms. The minimum Gasteiger partial charge on any atom is -0.370 e. The number of hydrogen-bond acceptors (Lipinski definition) is 3. The average molecular weight is 349 g/mol. The number of carbonyl (C=O) groups excluding carboxylic acids is 1. The standard InChI is InChI=1S/C22H27N3O/c1-22(2,3)18-11-9-16(10-12-18)21(26)24-14-6-13-23-20-19-8-5-4-7-17(19)15-25-20/h4-5,7-12H,6,13-15H2,1-3H3,(H,23,25)(H,24,26). The number of amidine groups is 1. The van der Waals surface area contributed by atoms with Crippen LogP contribution in [0.4, 0.5) is 0 Å². The normalized spacial score (nSPS) is 13.1. The molecule has 0 aliphatic carbocycles. The van der Waals surface area contributed by atoms with E-state index in [1.807, 2.05) is 36.4 Å². The van der Waals surface area contributed by atoms with E-state index in [2.05, 4.69) is 48.5 Å². The van der Waals surface area contributed by atoms with E-state index in [4.69, 9.17) is 0 Å². The zero-order valence-electron chi connectivity index (χ0n) is 15.8. The lowest BCUT2D eigenvalue weighted by Crippen LogP contribution is -2.29. The zero-order chi connectivity index (χ0) is 18.6. The van der Waals surface area contributed by atoms with Crippen LogP contribution in [0.3, 0.4) is 0 Å². The van der Waals surface area contributed by atoms with Crippen molar-refractivity contribution < 1.29 is 4.79 Å². The summed E-state index contributed by atoms with van der Waals surface area (Å²) in [4.78, 5) is 16.8. The number of nitrogens with zero attached hydrogens (tertiary/aromatic N) is 1. The summed E-state index contributed by atoms with van der Waals surface area (Å²) >= 11 is 0. The average Bonchev–Trinajstić information content (AvgIpc) is 3.04. The molecule has 0 radical (unpaired) electrons. The SMILES string of the molecule is CC(C)(C)c1ccc(C(=O)NCCCNC2=NCc3ccccc32)cc1. The van der Waals surface area contributed by atoms with Gasteiger partial charge in [0, 0.05) is 24.2 Å². The molecule has 3 rings (SSSR count). The molecule has 0 saturated heterocycles. The van der Waals surface area contributed by atoms with Crippen LogP contribution >= 0.6 is 0 Å². The summed E-state index contributed by atoms with van der Waals surface area (Å²) in [6, 6.07) is 16.2. The number of fused-ring (bicyclic) bond motifs is 1. The predicted octanol–water partition coefficient (Wildman–Crippen LogP) is 3.65. The second-order valence-corrected chi connectivity index (χ2v) is 7.69. The van der Waals surface area contributed by atoms with E-state index in [1.54, 1.807) is 0 Å². The summed E-state index contributed by atoms with van der Waals surface area (Å²) in [5, 5.41) is 6.36. The first-order valence-corrected chi connectivity index (χ1v) is 9.20. The van der Waals surface area contributed by atoms with Crippen molar-refractivity contribution in [1.82, 2.24) is 10.6 Å². The van der Waals surface area contributed by atoms with E-state index in [-0.39, 0.29) is 11.3 Å². The first-order valence-electron chi connectivity index (χ1n) is 9.20. The molecule has 136 valence electrons. The van der Waals surface area contributed by atoms with E-state index < -0.39 is 0 Å². The minimum atomic E-state index is -0.0194. The molecular weight excluding hydrogens is 322 g/mol. The molecule has 1 heterocycles. The van der Waals surface area contributed by atoms with Crippen LogP contribution in [0.15, 0.2) is 53.5 Å². The van der Waals surface area contributed by atoms with Gasteiger partial charge in [0.1, 0.15) is 5.84 Å². The van der Waals surface area contributed by atoms with Crippen LogP contribution in [-0.2, 0) is 12.0 Å². The number of benzene rings is 2. The molecule has 2 N–H and O–H groups in total. The van der Waals surface area contributed by atoms with Crippen LogP contribution in [0.5, 0.6) is 0 Å². The van der Waals surface area contributed by atoms with Gasteiger partial charge in [-0.25, -0.2) is 0 Å². The van der Waals surface area contributed by atoms with Gasteiger partial charge in [0.15, 0.2) is 0 Å². The highest BCUT2D eigenvalue weighted by Gasteiger charge is 2.15. The van der Waals surface area contributed by atoms with Gasteiger partial charge in [-0.1, -0.05) is 57.2 Å². The van der Waals surface area contributed by atoms with Gasteiger partial charge in [-0.2, -0.15) is 0 Å². The fourth-order valence-electron chi connectivity index (χ4n) is 3.01. The summed E-state index contributed by atoms with van der Waals surface area (Å²) < 4.78 is 0. The van der Waals surface area contributed by atoms with Crippen molar-refractivity contribution in [3.63, 3.8) is 0 Å². The number of nitrogens with one attached hydrogen (secondary N) is 2. The Morgan fingerprint density at radius 1 is 1.04 bits per heavy atom. The monoisotopic (exact) mass is 349 g/mol. The molecule has 1 aliphatic heterocycles. The van der Waals surface area contributed by atoms with Gasteiger partial charge in [-0.05, 0) is 35.1 Å². The Morgan fingerprint density at radius 3 is 2.50 bits per heavy atom. The maximum absolute atomic E-state index is 12.2. The first kappa shape index (κ1) is 18.2. The number of carbonyl (C=O) groups is 1. The molecule has 1 aliphatic rings. The third-order valence-corrected chi connectivity index (χ3v) is 4.62. The third-order valence-electron chi connectivity index (χ3n) is 4.62. The van der Waals surface area contributed by atoms with E-state index in [1.165, 1.54) is 16.7 Å². The summed E-state index contributed by atoms with van der Waals surface area (Å²) in [6.07, 6.45) is 0.854. The second-order valence-electron chi connectivity index (χ2n) is 7.69. The number of amides is 1. The smallest absolute Gasteiger partial charge is 0.251 e. The molecule has 0 unspecified atom stereocenters. The predicted molar refractivity (Wildman–Crippen MR) is 107 cm³/mol. The molecule has 0 aromatic heterocycles. The Hall–Kier alpha value is -2.62. The summed E-state index contributed by atoms with van der Waals surface area (Å²) in [7, 11) is 0. The third kappa shape index (κ3) is 4.31. The Bertz CT molecular complexity index is 801. The Labute approximate surface area is 155 Å². The Kier molecular flexibility index (Phi) is 5.40. The molecule has 26 heavy (non-hydrogen) atoms. The fourth-order valence-corrected chi connectivity index (χ4v) is 3.01. The molecule has 4 heteroatoms. The van der Waals surface area contributed by atoms with Crippen LogP contribution in [0.1, 0.15) is 54.2 Å². The van der Waals surface area contributed by atoms with Crippen LogP contribution < -0.4 is 10.6 Å².